The Bertz CT molecular complexity index is 748. The smallest absolute Gasteiger partial charge is 0.265 e. The van der Waals surface area contributed by atoms with Crippen LogP contribution in [0.5, 0.6) is 17.2 Å². The normalized spacial score (nSPS) is 11.6. The van der Waals surface area contributed by atoms with E-state index in [2.05, 4.69) is 5.32 Å². The molecule has 0 aliphatic carbocycles. The number of rotatable bonds is 7. The number of anilines is 1. The predicted octanol–water partition coefficient (Wildman–Crippen LogP) is 4.46. The van der Waals surface area contributed by atoms with Gasteiger partial charge in [-0.05, 0) is 25.0 Å². The first-order valence-corrected chi connectivity index (χ1v) is 8.32. The maximum atomic E-state index is 12.6. The Labute approximate surface area is 152 Å². The lowest BCUT2D eigenvalue weighted by Gasteiger charge is -2.20. The van der Waals surface area contributed by atoms with Gasteiger partial charge in [-0.1, -0.05) is 36.7 Å². The molecule has 134 valence electrons. The zero-order chi connectivity index (χ0) is 18.4. The molecule has 5 nitrogen and oxygen atoms in total. The lowest BCUT2D eigenvalue weighted by Crippen LogP contribution is -2.32. The fraction of sp³-hybridized carbons (Fsp3) is 0.316. The van der Waals surface area contributed by atoms with Gasteiger partial charge in [0.05, 0.1) is 24.9 Å². The van der Waals surface area contributed by atoms with Gasteiger partial charge in [0, 0.05) is 12.1 Å². The molecule has 6 heteroatoms. The van der Waals surface area contributed by atoms with E-state index in [1.54, 1.807) is 12.1 Å². The van der Waals surface area contributed by atoms with Crippen molar-refractivity contribution in [1.82, 2.24) is 0 Å². The Balaban J connectivity index is 2.20. The van der Waals surface area contributed by atoms with E-state index in [0.717, 1.165) is 5.56 Å². The van der Waals surface area contributed by atoms with Crippen LogP contribution in [0.15, 0.2) is 36.4 Å². The van der Waals surface area contributed by atoms with Crippen molar-refractivity contribution in [2.45, 2.75) is 26.4 Å². The molecule has 2 aromatic rings. The van der Waals surface area contributed by atoms with E-state index >= 15 is 0 Å². The molecule has 0 fully saturated rings. The highest BCUT2D eigenvalue weighted by atomic mass is 35.5. The molecule has 0 heterocycles. The fourth-order valence-electron chi connectivity index (χ4n) is 2.34. The number of aryl methyl sites for hydroxylation is 1. The number of hydrogen-bond donors (Lipinski definition) is 1. The van der Waals surface area contributed by atoms with Crippen LogP contribution in [-0.4, -0.2) is 26.2 Å². The second-order valence-corrected chi connectivity index (χ2v) is 5.86. The summed E-state index contributed by atoms with van der Waals surface area (Å²) in [5, 5.41) is 3.23. The second-order valence-electron chi connectivity index (χ2n) is 5.46. The van der Waals surface area contributed by atoms with Crippen molar-refractivity contribution < 1.29 is 19.0 Å². The molecule has 0 saturated carbocycles. The Kier molecular flexibility index (Phi) is 6.53. The molecule has 1 amide bonds. The van der Waals surface area contributed by atoms with Gasteiger partial charge in [0.2, 0.25) is 0 Å². The number of hydrogen-bond acceptors (Lipinski definition) is 4. The van der Waals surface area contributed by atoms with Crippen LogP contribution in [-0.2, 0) is 4.79 Å². The van der Waals surface area contributed by atoms with Gasteiger partial charge >= 0.3 is 0 Å². The Morgan fingerprint density at radius 1 is 1.12 bits per heavy atom. The van der Waals surface area contributed by atoms with E-state index in [-0.39, 0.29) is 5.91 Å². The highest BCUT2D eigenvalue weighted by Gasteiger charge is 2.21. The van der Waals surface area contributed by atoms with Gasteiger partial charge in [0.25, 0.3) is 5.91 Å². The van der Waals surface area contributed by atoms with E-state index in [9.17, 15) is 4.79 Å². The molecule has 1 N–H and O–H groups in total. The van der Waals surface area contributed by atoms with Crippen molar-refractivity contribution in [1.29, 1.82) is 0 Å². The van der Waals surface area contributed by atoms with Crippen LogP contribution >= 0.6 is 11.6 Å². The summed E-state index contributed by atoms with van der Waals surface area (Å²) in [6, 6.07) is 10.8. The Hall–Kier alpha value is -2.40. The predicted molar refractivity (Wildman–Crippen MR) is 99.1 cm³/mol. The molecule has 1 atom stereocenters. The van der Waals surface area contributed by atoms with Gasteiger partial charge in [-0.3, -0.25) is 4.79 Å². The van der Waals surface area contributed by atoms with Crippen LogP contribution in [0.1, 0.15) is 18.9 Å². The molecule has 0 unspecified atom stereocenters. The van der Waals surface area contributed by atoms with Crippen molar-refractivity contribution >= 4 is 23.2 Å². The van der Waals surface area contributed by atoms with Crippen LogP contribution in [0.25, 0.3) is 0 Å². The van der Waals surface area contributed by atoms with Crippen molar-refractivity contribution in [2.24, 2.45) is 0 Å². The van der Waals surface area contributed by atoms with Crippen LogP contribution in [0, 0.1) is 6.92 Å². The van der Waals surface area contributed by atoms with Gasteiger partial charge in [-0.25, -0.2) is 0 Å². The average molecular weight is 364 g/mol. The highest BCUT2D eigenvalue weighted by molar-refractivity contribution is 6.32. The summed E-state index contributed by atoms with van der Waals surface area (Å²) < 4.78 is 16.3. The van der Waals surface area contributed by atoms with Crippen molar-refractivity contribution in [3.05, 3.63) is 47.0 Å². The third kappa shape index (κ3) is 4.57. The van der Waals surface area contributed by atoms with Crippen molar-refractivity contribution in [2.75, 3.05) is 19.5 Å². The van der Waals surface area contributed by atoms with Gasteiger partial charge < -0.3 is 19.5 Å². The number of carbonyl (C=O) groups is 1. The van der Waals surface area contributed by atoms with E-state index in [1.165, 1.54) is 14.2 Å². The first-order valence-electron chi connectivity index (χ1n) is 7.94. The first-order chi connectivity index (χ1) is 12.0. The molecule has 0 spiro atoms. The average Bonchev–Trinajstić information content (AvgIpc) is 2.61. The van der Waals surface area contributed by atoms with E-state index in [0.29, 0.717) is 34.4 Å². The Morgan fingerprint density at radius 2 is 1.80 bits per heavy atom. The summed E-state index contributed by atoms with van der Waals surface area (Å²) in [5.74, 6) is 1.31. The number of ether oxygens (including phenoxy) is 3. The zero-order valence-corrected chi connectivity index (χ0v) is 15.5. The molecule has 0 saturated heterocycles. The summed E-state index contributed by atoms with van der Waals surface area (Å²) in [6.45, 7) is 3.83. The van der Waals surface area contributed by atoms with Gasteiger partial charge in [-0.2, -0.15) is 0 Å². The summed E-state index contributed by atoms with van der Waals surface area (Å²) in [6.07, 6.45) is -0.111. The van der Waals surface area contributed by atoms with Crippen LogP contribution in [0.2, 0.25) is 5.02 Å². The van der Waals surface area contributed by atoms with Crippen LogP contribution < -0.4 is 19.5 Å². The van der Waals surface area contributed by atoms with Gasteiger partial charge in [0.15, 0.2) is 6.10 Å². The number of methoxy groups -OCH3 is 2. The number of para-hydroxylation sites is 1. The number of nitrogens with one attached hydrogen (secondary N) is 1. The summed E-state index contributed by atoms with van der Waals surface area (Å²) in [4.78, 5) is 12.6. The monoisotopic (exact) mass is 363 g/mol. The quantitative estimate of drug-likeness (QED) is 0.789. The minimum atomic E-state index is -0.632. The number of halogens is 1. The molecular formula is C19H22ClNO4. The maximum Gasteiger partial charge on any atom is 0.265 e. The van der Waals surface area contributed by atoms with E-state index < -0.39 is 6.10 Å². The molecule has 25 heavy (non-hydrogen) atoms. The lowest BCUT2D eigenvalue weighted by atomic mass is 10.2. The number of carbonyl (C=O) groups excluding carboxylic acids is 1. The Morgan fingerprint density at radius 3 is 2.40 bits per heavy atom. The zero-order valence-electron chi connectivity index (χ0n) is 14.8. The maximum absolute atomic E-state index is 12.6. The summed E-state index contributed by atoms with van der Waals surface area (Å²) >= 11 is 6.09. The SMILES string of the molecule is CC[C@@H](Oc1ccccc1C)C(=O)Nc1cc(OC)c(Cl)cc1OC. The second kappa shape index (κ2) is 8.62. The minimum absolute atomic E-state index is 0.270. The molecule has 0 aromatic heterocycles. The molecule has 0 bridgehead atoms. The fourth-order valence-corrected chi connectivity index (χ4v) is 2.57. The largest absolute Gasteiger partial charge is 0.495 e. The number of amides is 1. The third-order valence-corrected chi connectivity index (χ3v) is 4.05. The summed E-state index contributed by atoms with van der Waals surface area (Å²) in [5.41, 5.74) is 1.44. The molecule has 0 aliphatic rings. The van der Waals surface area contributed by atoms with Gasteiger partial charge in [-0.15, -0.1) is 0 Å². The van der Waals surface area contributed by atoms with E-state index in [1.807, 2.05) is 38.1 Å². The molecule has 0 aliphatic heterocycles. The molecule has 0 radical (unpaired) electrons. The third-order valence-electron chi connectivity index (χ3n) is 3.76. The van der Waals surface area contributed by atoms with Crippen molar-refractivity contribution in [3.63, 3.8) is 0 Å². The van der Waals surface area contributed by atoms with E-state index in [4.69, 9.17) is 25.8 Å². The lowest BCUT2D eigenvalue weighted by molar-refractivity contribution is -0.122. The topological polar surface area (TPSA) is 56.8 Å². The van der Waals surface area contributed by atoms with Crippen molar-refractivity contribution in [3.8, 4) is 17.2 Å². The van der Waals surface area contributed by atoms with Gasteiger partial charge in [0.1, 0.15) is 17.2 Å². The minimum Gasteiger partial charge on any atom is -0.495 e. The van der Waals surface area contributed by atoms with Crippen LogP contribution in [0.3, 0.4) is 0 Å². The summed E-state index contributed by atoms with van der Waals surface area (Å²) in [7, 11) is 3.02. The standard InChI is InChI=1S/C19H22ClNO4/c1-5-15(25-16-9-7-6-8-12(16)2)19(22)21-14-11-17(23-3)13(20)10-18(14)24-4/h6-11,15H,5H2,1-4H3,(H,21,22)/t15-/m1/s1. The molecular weight excluding hydrogens is 342 g/mol. The number of benzene rings is 2. The first kappa shape index (κ1) is 18.9. The molecule has 2 rings (SSSR count). The molecule has 2 aromatic carbocycles. The van der Waals surface area contributed by atoms with Crippen LogP contribution in [0.4, 0.5) is 5.69 Å². The highest BCUT2D eigenvalue weighted by Crippen LogP contribution is 2.36.